The van der Waals surface area contributed by atoms with E-state index in [1.165, 1.54) is 5.56 Å². The van der Waals surface area contributed by atoms with Gasteiger partial charge in [0.25, 0.3) is 0 Å². The van der Waals surface area contributed by atoms with Crippen LogP contribution in [0.3, 0.4) is 0 Å². The van der Waals surface area contributed by atoms with Gasteiger partial charge in [-0.3, -0.25) is 0 Å². The molecule has 2 rings (SSSR count). The quantitative estimate of drug-likeness (QED) is 0.462. The molecule has 0 radical (unpaired) electrons. The van der Waals surface area contributed by atoms with Crippen LogP contribution < -0.4 is 15.8 Å². The summed E-state index contributed by atoms with van der Waals surface area (Å²) in [5.41, 5.74) is 7.08. The molecule has 0 bridgehead atoms. The number of aliphatic imine (C=N–C) groups is 1. The van der Waals surface area contributed by atoms with Crippen molar-refractivity contribution >= 4 is 29.9 Å². The van der Waals surface area contributed by atoms with Crippen molar-refractivity contribution < 1.29 is 4.74 Å². The molecule has 1 aromatic rings. The summed E-state index contributed by atoms with van der Waals surface area (Å²) < 4.78 is 5.81. The number of fused-ring (bicyclic) bond motifs is 1. The Morgan fingerprint density at radius 3 is 2.90 bits per heavy atom. The first-order valence-corrected chi connectivity index (χ1v) is 6.93. The van der Waals surface area contributed by atoms with E-state index in [4.69, 9.17) is 10.5 Å². The maximum Gasteiger partial charge on any atom is 0.188 e. The minimum atomic E-state index is 0. The monoisotopic (exact) mass is 389 g/mol. The van der Waals surface area contributed by atoms with E-state index in [0.29, 0.717) is 18.4 Å². The third-order valence-electron chi connectivity index (χ3n) is 3.21. The first kappa shape index (κ1) is 17.1. The zero-order chi connectivity index (χ0) is 13.7. The van der Waals surface area contributed by atoms with Gasteiger partial charge in [-0.05, 0) is 24.0 Å². The smallest absolute Gasteiger partial charge is 0.188 e. The molecule has 112 valence electrons. The number of guanidine groups is 1. The third-order valence-corrected chi connectivity index (χ3v) is 3.21. The lowest BCUT2D eigenvalue weighted by atomic mass is 10.1. The molecule has 0 amide bonds. The van der Waals surface area contributed by atoms with E-state index >= 15 is 0 Å². The van der Waals surface area contributed by atoms with Crippen LogP contribution in [-0.4, -0.2) is 25.2 Å². The Balaban J connectivity index is 0.00000200. The van der Waals surface area contributed by atoms with Gasteiger partial charge < -0.3 is 15.8 Å². The fraction of sp³-hybridized carbons (Fsp3) is 0.533. The first-order valence-electron chi connectivity index (χ1n) is 6.93. The van der Waals surface area contributed by atoms with Crippen LogP contribution in [-0.2, 0) is 6.42 Å². The molecule has 1 aromatic carbocycles. The fourth-order valence-electron chi connectivity index (χ4n) is 2.10. The molecule has 0 aliphatic carbocycles. The molecule has 0 fully saturated rings. The number of nitrogens with zero attached hydrogens (tertiary/aromatic N) is 1. The molecule has 5 heteroatoms. The molecule has 0 spiro atoms. The summed E-state index contributed by atoms with van der Waals surface area (Å²) in [5.74, 6) is 2.17. The number of halogens is 1. The number of nitrogens with two attached hydrogens (primary N) is 1. The van der Waals surface area contributed by atoms with E-state index in [0.717, 1.165) is 25.1 Å². The molecule has 0 aromatic heterocycles. The minimum absolute atomic E-state index is 0. The molecular weight excluding hydrogens is 365 g/mol. The van der Waals surface area contributed by atoms with Crippen LogP contribution in [0.25, 0.3) is 0 Å². The predicted octanol–water partition coefficient (Wildman–Crippen LogP) is 2.56. The summed E-state index contributed by atoms with van der Waals surface area (Å²) in [7, 11) is 0. The Morgan fingerprint density at radius 1 is 1.45 bits per heavy atom. The topological polar surface area (TPSA) is 59.6 Å². The Bertz CT molecular complexity index is 423. The van der Waals surface area contributed by atoms with Crippen molar-refractivity contribution in [2.45, 2.75) is 32.8 Å². The van der Waals surface area contributed by atoms with Gasteiger partial charge in [0.2, 0.25) is 0 Å². The second-order valence-corrected chi connectivity index (χ2v) is 5.39. The first-order chi connectivity index (χ1) is 9.15. The number of benzene rings is 1. The van der Waals surface area contributed by atoms with Gasteiger partial charge in [-0.1, -0.05) is 32.0 Å². The van der Waals surface area contributed by atoms with Crippen LogP contribution in [0.5, 0.6) is 5.75 Å². The summed E-state index contributed by atoms with van der Waals surface area (Å²) in [5, 5.41) is 3.13. The maximum absolute atomic E-state index is 5.83. The highest BCUT2D eigenvalue weighted by atomic mass is 127. The fourth-order valence-corrected chi connectivity index (χ4v) is 2.10. The molecule has 1 unspecified atom stereocenters. The largest absolute Gasteiger partial charge is 0.488 e. The van der Waals surface area contributed by atoms with E-state index in [9.17, 15) is 0 Å². The molecule has 20 heavy (non-hydrogen) atoms. The van der Waals surface area contributed by atoms with E-state index in [-0.39, 0.29) is 30.1 Å². The number of para-hydroxylation sites is 1. The highest BCUT2D eigenvalue weighted by molar-refractivity contribution is 14.0. The van der Waals surface area contributed by atoms with E-state index in [2.05, 4.69) is 30.2 Å². The maximum atomic E-state index is 5.83. The van der Waals surface area contributed by atoms with Crippen molar-refractivity contribution in [1.29, 1.82) is 0 Å². The summed E-state index contributed by atoms with van der Waals surface area (Å²) in [6, 6.07) is 8.13. The number of hydrogen-bond donors (Lipinski definition) is 2. The zero-order valence-electron chi connectivity index (χ0n) is 12.1. The summed E-state index contributed by atoms with van der Waals surface area (Å²) >= 11 is 0. The van der Waals surface area contributed by atoms with Crippen molar-refractivity contribution in [1.82, 2.24) is 5.32 Å². The van der Waals surface area contributed by atoms with Gasteiger partial charge in [-0.2, -0.15) is 0 Å². The van der Waals surface area contributed by atoms with Gasteiger partial charge >= 0.3 is 0 Å². The Hall–Kier alpha value is -0.980. The number of rotatable bonds is 5. The minimum Gasteiger partial charge on any atom is -0.488 e. The van der Waals surface area contributed by atoms with E-state index in [1.807, 2.05) is 18.2 Å². The lowest BCUT2D eigenvalue weighted by molar-refractivity contribution is 0.242. The molecule has 1 heterocycles. The van der Waals surface area contributed by atoms with Crippen molar-refractivity contribution in [3.8, 4) is 5.75 Å². The van der Waals surface area contributed by atoms with Crippen LogP contribution in [0.4, 0.5) is 0 Å². The van der Waals surface area contributed by atoms with Gasteiger partial charge in [0.15, 0.2) is 5.96 Å². The van der Waals surface area contributed by atoms with Crippen molar-refractivity contribution in [3.63, 3.8) is 0 Å². The zero-order valence-corrected chi connectivity index (χ0v) is 14.5. The number of hydrogen-bond acceptors (Lipinski definition) is 2. The van der Waals surface area contributed by atoms with Gasteiger partial charge in [0.05, 0.1) is 6.54 Å². The summed E-state index contributed by atoms with van der Waals surface area (Å²) in [6.07, 6.45) is 2.13. The molecule has 0 saturated heterocycles. The molecular formula is C15H24IN3O. The van der Waals surface area contributed by atoms with Crippen LogP contribution in [0.1, 0.15) is 25.8 Å². The average Bonchev–Trinajstić information content (AvgIpc) is 2.78. The second kappa shape index (κ2) is 8.34. The summed E-state index contributed by atoms with van der Waals surface area (Å²) in [6.45, 7) is 5.87. The lowest BCUT2D eigenvalue weighted by Gasteiger charge is -2.10. The van der Waals surface area contributed by atoms with Gasteiger partial charge in [-0.15, -0.1) is 24.0 Å². The highest BCUT2D eigenvalue weighted by Gasteiger charge is 2.21. The third kappa shape index (κ3) is 5.19. The molecule has 1 atom stereocenters. The van der Waals surface area contributed by atoms with Crippen LogP contribution in [0.15, 0.2) is 29.3 Å². The molecule has 0 saturated carbocycles. The average molecular weight is 389 g/mol. The predicted molar refractivity (Wildman–Crippen MR) is 93.9 cm³/mol. The van der Waals surface area contributed by atoms with E-state index in [1.54, 1.807) is 0 Å². The Labute approximate surface area is 138 Å². The van der Waals surface area contributed by atoms with Gasteiger partial charge in [0.1, 0.15) is 11.9 Å². The molecule has 1 aliphatic rings. The summed E-state index contributed by atoms with van der Waals surface area (Å²) in [4.78, 5) is 4.34. The number of ether oxygens (including phenoxy) is 1. The molecule has 1 aliphatic heterocycles. The SMILES string of the molecule is CC(C)CCNC(N)=NCC1Cc2ccccc2O1.I. The highest BCUT2D eigenvalue weighted by Crippen LogP contribution is 2.27. The van der Waals surface area contributed by atoms with Crippen molar-refractivity contribution in [2.24, 2.45) is 16.6 Å². The van der Waals surface area contributed by atoms with E-state index < -0.39 is 0 Å². The Morgan fingerprint density at radius 2 is 2.20 bits per heavy atom. The van der Waals surface area contributed by atoms with Crippen molar-refractivity contribution in [2.75, 3.05) is 13.1 Å². The second-order valence-electron chi connectivity index (χ2n) is 5.39. The van der Waals surface area contributed by atoms with Crippen LogP contribution in [0.2, 0.25) is 0 Å². The van der Waals surface area contributed by atoms with Crippen LogP contribution in [0, 0.1) is 5.92 Å². The number of nitrogens with one attached hydrogen (secondary N) is 1. The Kier molecular flexibility index (Phi) is 7.12. The lowest BCUT2D eigenvalue weighted by Crippen LogP contribution is -2.34. The molecule has 3 N–H and O–H groups in total. The van der Waals surface area contributed by atoms with Crippen LogP contribution >= 0.6 is 24.0 Å². The van der Waals surface area contributed by atoms with Gasteiger partial charge in [0, 0.05) is 13.0 Å². The van der Waals surface area contributed by atoms with Gasteiger partial charge in [-0.25, -0.2) is 4.99 Å². The standard InChI is InChI=1S/C15H23N3O.HI/c1-11(2)7-8-17-15(16)18-10-13-9-12-5-3-4-6-14(12)19-13;/h3-6,11,13H,7-10H2,1-2H3,(H3,16,17,18);1H. The normalized spacial score (nSPS) is 17.4. The van der Waals surface area contributed by atoms with Crippen molar-refractivity contribution in [3.05, 3.63) is 29.8 Å². The molecule has 4 nitrogen and oxygen atoms in total.